The van der Waals surface area contributed by atoms with Gasteiger partial charge in [0, 0.05) is 30.1 Å². The van der Waals surface area contributed by atoms with Crippen LogP contribution >= 0.6 is 0 Å². The van der Waals surface area contributed by atoms with Gasteiger partial charge < -0.3 is 9.84 Å². The van der Waals surface area contributed by atoms with Gasteiger partial charge in [0.15, 0.2) is 5.78 Å². The lowest BCUT2D eigenvalue weighted by Crippen LogP contribution is -2.66. The molecule has 7 atom stereocenters. The summed E-state index contributed by atoms with van der Waals surface area (Å²) in [5, 5.41) is 11.0. The molecule has 0 bridgehead atoms. The van der Waals surface area contributed by atoms with Crippen LogP contribution in [0.2, 0.25) is 0 Å². The largest absolute Gasteiger partial charge is 0.462 e. The van der Waals surface area contributed by atoms with Gasteiger partial charge in [0.2, 0.25) is 0 Å². The third kappa shape index (κ3) is 2.02. The first-order valence-electron chi connectivity index (χ1n) is 9.41. The van der Waals surface area contributed by atoms with Crippen molar-refractivity contribution in [1.29, 1.82) is 0 Å². The average molecular weight is 350 g/mol. The second kappa shape index (κ2) is 5.15. The standard InChI is InChI=1S/C20H27FO4/c1-11(22)25-17-7-6-14-15-5-4-12-8-13(23)9-19(12,3)20(15,21)16(24)10-18(14,17)2/h8,14-17,24H,4-7,9-10H2,1-3H3/t14-,15-,16-,17-,18-,19-,20-/m0/s1. The Morgan fingerprint density at radius 1 is 1.28 bits per heavy atom. The Bertz CT molecular complexity index is 673. The molecule has 0 aliphatic heterocycles. The molecular weight excluding hydrogens is 323 g/mol. The molecule has 5 heteroatoms. The highest BCUT2D eigenvalue weighted by Gasteiger charge is 2.71. The van der Waals surface area contributed by atoms with Crippen LogP contribution in [0, 0.1) is 22.7 Å². The zero-order valence-electron chi connectivity index (χ0n) is 15.2. The number of rotatable bonds is 1. The van der Waals surface area contributed by atoms with Crippen LogP contribution in [0.5, 0.6) is 0 Å². The lowest BCUT2D eigenvalue weighted by atomic mass is 9.46. The van der Waals surface area contributed by atoms with Gasteiger partial charge in [-0.15, -0.1) is 0 Å². The molecule has 0 heterocycles. The molecule has 3 fully saturated rings. The first-order chi connectivity index (χ1) is 11.6. The van der Waals surface area contributed by atoms with Crippen molar-refractivity contribution >= 4 is 11.8 Å². The molecule has 0 aromatic carbocycles. The van der Waals surface area contributed by atoms with Gasteiger partial charge in [-0.25, -0.2) is 4.39 Å². The van der Waals surface area contributed by atoms with Gasteiger partial charge in [0.05, 0.1) is 6.10 Å². The van der Waals surface area contributed by atoms with Gasteiger partial charge in [-0.1, -0.05) is 19.4 Å². The number of fused-ring (bicyclic) bond motifs is 5. The van der Waals surface area contributed by atoms with E-state index in [-0.39, 0.29) is 42.5 Å². The first-order valence-corrected chi connectivity index (χ1v) is 9.41. The summed E-state index contributed by atoms with van der Waals surface area (Å²) in [5.74, 6) is -0.574. The van der Waals surface area contributed by atoms with Gasteiger partial charge in [-0.3, -0.25) is 9.59 Å². The number of aliphatic hydroxyl groups is 1. The Balaban J connectivity index is 1.74. The Morgan fingerprint density at radius 2 is 2.00 bits per heavy atom. The summed E-state index contributed by atoms with van der Waals surface area (Å²) in [6.07, 6.45) is 3.53. The normalized spacial score (nSPS) is 51.4. The zero-order chi connectivity index (χ0) is 18.2. The van der Waals surface area contributed by atoms with E-state index in [0.717, 1.165) is 24.8 Å². The average Bonchev–Trinajstić information content (AvgIpc) is 2.97. The number of halogens is 1. The van der Waals surface area contributed by atoms with Gasteiger partial charge in [-0.2, -0.15) is 0 Å². The van der Waals surface area contributed by atoms with Gasteiger partial charge in [0.25, 0.3) is 0 Å². The molecule has 0 unspecified atom stereocenters. The van der Waals surface area contributed by atoms with Crippen molar-refractivity contribution in [2.75, 3.05) is 0 Å². The molecule has 4 rings (SSSR count). The van der Waals surface area contributed by atoms with Crippen molar-refractivity contribution in [2.24, 2.45) is 22.7 Å². The summed E-state index contributed by atoms with van der Waals surface area (Å²) < 4.78 is 22.1. The Morgan fingerprint density at radius 3 is 2.68 bits per heavy atom. The molecule has 0 radical (unpaired) electrons. The maximum Gasteiger partial charge on any atom is 0.302 e. The molecule has 1 N–H and O–H groups in total. The quantitative estimate of drug-likeness (QED) is 0.738. The van der Waals surface area contributed by atoms with Crippen molar-refractivity contribution in [2.45, 2.75) is 77.2 Å². The van der Waals surface area contributed by atoms with Gasteiger partial charge in [0.1, 0.15) is 11.8 Å². The molecule has 0 spiro atoms. The topological polar surface area (TPSA) is 63.6 Å². The van der Waals surface area contributed by atoms with Crippen LogP contribution in [0.3, 0.4) is 0 Å². The molecule has 3 saturated carbocycles. The monoisotopic (exact) mass is 350 g/mol. The lowest BCUT2D eigenvalue weighted by molar-refractivity contribution is -0.213. The fourth-order valence-electron chi connectivity index (χ4n) is 6.77. The van der Waals surface area contributed by atoms with E-state index in [1.807, 2.05) is 13.8 Å². The number of carbonyl (C=O) groups excluding carboxylic acids is 2. The summed E-state index contributed by atoms with van der Waals surface area (Å²) in [4.78, 5) is 23.5. The third-order valence-corrected chi connectivity index (χ3v) is 7.92. The highest BCUT2D eigenvalue weighted by molar-refractivity contribution is 5.94. The molecule has 0 saturated heterocycles. The zero-order valence-corrected chi connectivity index (χ0v) is 15.2. The minimum atomic E-state index is -1.78. The van der Waals surface area contributed by atoms with Crippen LogP contribution < -0.4 is 0 Å². The number of esters is 1. The Labute approximate surface area is 147 Å². The van der Waals surface area contributed by atoms with E-state index in [4.69, 9.17) is 4.74 Å². The predicted molar refractivity (Wildman–Crippen MR) is 89.4 cm³/mol. The molecule has 4 aliphatic carbocycles. The van der Waals surface area contributed by atoms with E-state index in [0.29, 0.717) is 6.42 Å². The van der Waals surface area contributed by atoms with Crippen LogP contribution in [0.15, 0.2) is 11.6 Å². The Hall–Kier alpha value is -1.23. The number of alkyl halides is 1. The van der Waals surface area contributed by atoms with Crippen LogP contribution in [0.4, 0.5) is 4.39 Å². The number of hydrogen-bond donors (Lipinski definition) is 1. The highest BCUT2D eigenvalue weighted by atomic mass is 19.1. The summed E-state index contributed by atoms with van der Waals surface area (Å²) in [6, 6.07) is 0. The van der Waals surface area contributed by atoms with Crippen molar-refractivity contribution < 1.29 is 23.8 Å². The van der Waals surface area contributed by atoms with E-state index >= 15 is 4.39 Å². The molecule has 4 aliphatic rings. The van der Waals surface area contributed by atoms with Crippen molar-refractivity contribution in [3.05, 3.63) is 11.6 Å². The van der Waals surface area contributed by atoms with Crippen molar-refractivity contribution in [3.8, 4) is 0 Å². The maximum atomic E-state index is 16.6. The van der Waals surface area contributed by atoms with Gasteiger partial charge in [-0.05, 0) is 44.1 Å². The molecule has 4 nitrogen and oxygen atoms in total. The lowest BCUT2D eigenvalue weighted by Gasteiger charge is -2.61. The molecule has 138 valence electrons. The number of hydrogen-bond acceptors (Lipinski definition) is 4. The summed E-state index contributed by atoms with van der Waals surface area (Å²) in [7, 11) is 0. The molecule has 0 amide bonds. The van der Waals surface area contributed by atoms with E-state index in [2.05, 4.69) is 0 Å². The fourth-order valence-corrected chi connectivity index (χ4v) is 6.77. The fraction of sp³-hybridized carbons (Fsp3) is 0.800. The molecule has 0 aromatic heterocycles. The number of aliphatic hydroxyl groups excluding tert-OH is 1. The third-order valence-electron chi connectivity index (χ3n) is 7.92. The number of ether oxygens (including phenoxy) is 1. The first kappa shape index (κ1) is 17.2. The number of allylic oxidation sites excluding steroid dienone is 2. The number of ketones is 1. The molecule has 0 aromatic rings. The van der Waals surface area contributed by atoms with Gasteiger partial charge >= 0.3 is 5.97 Å². The van der Waals surface area contributed by atoms with Crippen LogP contribution in [0.1, 0.15) is 59.3 Å². The smallest absolute Gasteiger partial charge is 0.302 e. The second-order valence-electron chi connectivity index (χ2n) is 9.07. The van der Waals surface area contributed by atoms with E-state index < -0.39 is 22.6 Å². The summed E-state index contributed by atoms with van der Waals surface area (Å²) in [6.45, 7) is 5.26. The predicted octanol–water partition coefficient (Wildman–Crippen LogP) is 3.12. The van der Waals surface area contributed by atoms with Crippen molar-refractivity contribution in [1.82, 2.24) is 0 Å². The van der Waals surface area contributed by atoms with Crippen molar-refractivity contribution in [3.63, 3.8) is 0 Å². The van der Waals surface area contributed by atoms with Crippen LogP contribution in [-0.2, 0) is 14.3 Å². The van der Waals surface area contributed by atoms with Crippen LogP contribution in [0.25, 0.3) is 0 Å². The molecular formula is C20H27FO4. The second-order valence-corrected chi connectivity index (χ2v) is 9.07. The minimum absolute atomic E-state index is 0.0279. The minimum Gasteiger partial charge on any atom is -0.462 e. The van der Waals surface area contributed by atoms with E-state index in [1.165, 1.54) is 6.92 Å². The van der Waals surface area contributed by atoms with E-state index in [1.54, 1.807) is 6.08 Å². The Kier molecular flexibility index (Phi) is 3.54. The maximum absolute atomic E-state index is 16.6. The molecule has 25 heavy (non-hydrogen) atoms. The summed E-state index contributed by atoms with van der Waals surface area (Å²) in [5.41, 5.74) is -2.20. The SMILES string of the molecule is CC(=O)O[C@H]1CC[C@H]2[C@@H]3CCC4=CC(=O)C[C@]4(C)[C@@]3(F)[C@@H](O)C[C@]12C. The van der Waals surface area contributed by atoms with Crippen LogP contribution in [-0.4, -0.2) is 34.7 Å². The number of carbonyl (C=O) groups is 2. The summed E-state index contributed by atoms with van der Waals surface area (Å²) >= 11 is 0. The highest BCUT2D eigenvalue weighted by Crippen LogP contribution is 2.68. The van der Waals surface area contributed by atoms with E-state index in [9.17, 15) is 14.7 Å².